The minimum absolute atomic E-state index is 0. The SMILES string of the molecule is Cl.O=C(/C=C/c1cccnc1)NCCCCC1CCNCC1. The Morgan fingerprint density at radius 1 is 1.36 bits per heavy atom. The second-order valence-corrected chi connectivity index (χ2v) is 5.60. The van der Waals surface area contributed by atoms with E-state index in [0.29, 0.717) is 0 Å². The number of carbonyl (C=O) groups excluding carboxylic acids is 1. The molecule has 1 aliphatic heterocycles. The van der Waals surface area contributed by atoms with Crippen LogP contribution in [0.5, 0.6) is 0 Å². The maximum atomic E-state index is 11.7. The molecule has 0 spiro atoms. The second kappa shape index (κ2) is 11.2. The van der Waals surface area contributed by atoms with Crippen LogP contribution in [0.4, 0.5) is 0 Å². The number of rotatable bonds is 7. The lowest BCUT2D eigenvalue weighted by atomic mass is 9.92. The van der Waals surface area contributed by atoms with Gasteiger partial charge in [-0.05, 0) is 56.0 Å². The van der Waals surface area contributed by atoms with Gasteiger partial charge in [-0.15, -0.1) is 12.4 Å². The Bertz CT molecular complexity index is 444. The van der Waals surface area contributed by atoms with Gasteiger partial charge in [-0.1, -0.05) is 18.9 Å². The minimum Gasteiger partial charge on any atom is -0.353 e. The van der Waals surface area contributed by atoms with Crippen LogP contribution in [0.15, 0.2) is 30.6 Å². The molecule has 22 heavy (non-hydrogen) atoms. The molecule has 1 fully saturated rings. The Morgan fingerprint density at radius 3 is 2.91 bits per heavy atom. The molecule has 5 heteroatoms. The Balaban J connectivity index is 0.00000242. The molecule has 0 bridgehead atoms. The third kappa shape index (κ3) is 7.57. The molecule has 2 N–H and O–H groups in total. The quantitative estimate of drug-likeness (QED) is 0.599. The zero-order chi connectivity index (χ0) is 14.8. The molecular formula is C17H26ClN3O. The van der Waals surface area contributed by atoms with Crippen molar-refractivity contribution in [2.45, 2.75) is 32.1 Å². The maximum Gasteiger partial charge on any atom is 0.243 e. The van der Waals surface area contributed by atoms with Crippen LogP contribution >= 0.6 is 12.4 Å². The van der Waals surface area contributed by atoms with Crippen LogP contribution in [0.3, 0.4) is 0 Å². The molecular weight excluding hydrogens is 298 g/mol. The summed E-state index contributed by atoms with van der Waals surface area (Å²) >= 11 is 0. The molecule has 0 saturated carbocycles. The zero-order valence-corrected chi connectivity index (χ0v) is 13.8. The van der Waals surface area contributed by atoms with Crippen molar-refractivity contribution in [2.24, 2.45) is 5.92 Å². The first-order valence-electron chi connectivity index (χ1n) is 7.91. The van der Waals surface area contributed by atoms with Crippen molar-refractivity contribution in [3.63, 3.8) is 0 Å². The van der Waals surface area contributed by atoms with E-state index in [4.69, 9.17) is 0 Å². The van der Waals surface area contributed by atoms with E-state index in [1.807, 2.05) is 12.1 Å². The third-order valence-corrected chi connectivity index (χ3v) is 3.91. The van der Waals surface area contributed by atoms with Crippen molar-refractivity contribution in [2.75, 3.05) is 19.6 Å². The lowest BCUT2D eigenvalue weighted by Crippen LogP contribution is -2.28. The fourth-order valence-corrected chi connectivity index (χ4v) is 2.65. The fraction of sp³-hybridized carbons (Fsp3) is 0.529. The molecule has 0 unspecified atom stereocenters. The molecule has 2 rings (SSSR count). The standard InChI is InChI=1S/C17H25N3O.ClH/c21-17(7-6-16-5-3-10-19-14-16)20-11-2-1-4-15-8-12-18-13-9-15;/h3,5-7,10,14-15,18H,1-2,4,8-9,11-13H2,(H,20,21);1H/b7-6+;. The minimum atomic E-state index is -0.0271. The van der Waals surface area contributed by atoms with Gasteiger partial charge in [0, 0.05) is 25.0 Å². The molecule has 4 nitrogen and oxygen atoms in total. The summed E-state index contributed by atoms with van der Waals surface area (Å²) < 4.78 is 0. The number of pyridine rings is 1. The van der Waals surface area contributed by atoms with Crippen LogP contribution in [-0.4, -0.2) is 30.5 Å². The number of nitrogens with zero attached hydrogens (tertiary/aromatic N) is 1. The number of carbonyl (C=O) groups is 1. The Labute approximate surface area is 139 Å². The first-order chi connectivity index (χ1) is 10.3. The van der Waals surface area contributed by atoms with E-state index in [-0.39, 0.29) is 18.3 Å². The normalized spacial score (nSPS) is 15.5. The van der Waals surface area contributed by atoms with Crippen LogP contribution in [-0.2, 0) is 4.79 Å². The van der Waals surface area contributed by atoms with Gasteiger partial charge in [0.1, 0.15) is 0 Å². The summed E-state index contributed by atoms with van der Waals surface area (Å²) in [5, 5.41) is 6.32. The van der Waals surface area contributed by atoms with E-state index in [2.05, 4.69) is 15.6 Å². The molecule has 0 radical (unpaired) electrons. The number of piperidine rings is 1. The molecule has 0 aliphatic carbocycles. The molecule has 1 aromatic rings. The number of aromatic nitrogens is 1. The summed E-state index contributed by atoms with van der Waals surface area (Å²) in [7, 11) is 0. The highest BCUT2D eigenvalue weighted by atomic mass is 35.5. The van der Waals surface area contributed by atoms with E-state index in [1.165, 1.54) is 38.8 Å². The summed E-state index contributed by atoms with van der Waals surface area (Å²) in [5.41, 5.74) is 0.943. The molecule has 122 valence electrons. The monoisotopic (exact) mass is 323 g/mol. The summed E-state index contributed by atoms with van der Waals surface area (Å²) in [4.78, 5) is 15.7. The number of hydrogen-bond acceptors (Lipinski definition) is 3. The predicted octanol–water partition coefficient (Wildman–Crippen LogP) is 2.80. The van der Waals surface area contributed by atoms with Crippen LogP contribution in [0.2, 0.25) is 0 Å². The van der Waals surface area contributed by atoms with Gasteiger partial charge in [-0.25, -0.2) is 0 Å². The Kier molecular flexibility index (Phi) is 9.51. The first-order valence-corrected chi connectivity index (χ1v) is 7.91. The van der Waals surface area contributed by atoms with Gasteiger partial charge in [0.05, 0.1) is 0 Å². The van der Waals surface area contributed by atoms with Crippen molar-refractivity contribution in [1.82, 2.24) is 15.6 Å². The fourth-order valence-electron chi connectivity index (χ4n) is 2.65. The molecule has 1 amide bonds. The van der Waals surface area contributed by atoms with Crippen molar-refractivity contribution < 1.29 is 4.79 Å². The van der Waals surface area contributed by atoms with Gasteiger partial charge in [0.2, 0.25) is 5.91 Å². The summed E-state index contributed by atoms with van der Waals surface area (Å²) in [5.74, 6) is 0.855. The van der Waals surface area contributed by atoms with E-state index in [9.17, 15) is 4.79 Å². The molecule has 0 aromatic carbocycles. The molecule has 1 saturated heterocycles. The molecule has 0 atom stereocenters. The number of unbranched alkanes of at least 4 members (excludes halogenated alkanes) is 1. The smallest absolute Gasteiger partial charge is 0.243 e. The molecule has 1 aromatic heterocycles. The summed E-state index contributed by atoms with van der Waals surface area (Å²) in [6.45, 7) is 3.10. The summed E-state index contributed by atoms with van der Waals surface area (Å²) in [6.07, 6.45) is 13.0. The Morgan fingerprint density at radius 2 is 2.18 bits per heavy atom. The summed E-state index contributed by atoms with van der Waals surface area (Å²) in [6, 6.07) is 3.79. The lowest BCUT2D eigenvalue weighted by molar-refractivity contribution is -0.116. The highest BCUT2D eigenvalue weighted by Crippen LogP contribution is 2.18. The zero-order valence-electron chi connectivity index (χ0n) is 13.0. The van der Waals surface area contributed by atoms with Gasteiger partial charge in [-0.2, -0.15) is 0 Å². The molecule has 1 aliphatic rings. The number of hydrogen-bond donors (Lipinski definition) is 2. The van der Waals surface area contributed by atoms with Crippen molar-refractivity contribution in [3.8, 4) is 0 Å². The van der Waals surface area contributed by atoms with Crippen LogP contribution < -0.4 is 10.6 Å². The van der Waals surface area contributed by atoms with Crippen molar-refractivity contribution in [3.05, 3.63) is 36.2 Å². The maximum absolute atomic E-state index is 11.7. The van der Waals surface area contributed by atoms with E-state index >= 15 is 0 Å². The van der Waals surface area contributed by atoms with Crippen LogP contribution in [0.1, 0.15) is 37.7 Å². The van der Waals surface area contributed by atoms with E-state index < -0.39 is 0 Å². The first kappa shape index (κ1) is 18.7. The second-order valence-electron chi connectivity index (χ2n) is 5.60. The van der Waals surface area contributed by atoms with Crippen LogP contribution in [0.25, 0.3) is 6.08 Å². The van der Waals surface area contributed by atoms with Crippen molar-refractivity contribution in [1.29, 1.82) is 0 Å². The molecule has 2 heterocycles. The highest BCUT2D eigenvalue weighted by Gasteiger charge is 2.11. The van der Waals surface area contributed by atoms with E-state index in [1.54, 1.807) is 24.5 Å². The van der Waals surface area contributed by atoms with Gasteiger partial charge < -0.3 is 10.6 Å². The number of nitrogens with one attached hydrogen (secondary N) is 2. The predicted molar refractivity (Wildman–Crippen MR) is 93.0 cm³/mol. The van der Waals surface area contributed by atoms with Gasteiger partial charge >= 0.3 is 0 Å². The van der Waals surface area contributed by atoms with Crippen molar-refractivity contribution >= 4 is 24.4 Å². The topological polar surface area (TPSA) is 54.0 Å². The van der Waals surface area contributed by atoms with Crippen LogP contribution in [0, 0.1) is 5.92 Å². The average molecular weight is 324 g/mol. The third-order valence-electron chi connectivity index (χ3n) is 3.91. The van der Waals surface area contributed by atoms with Gasteiger partial charge in [0.25, 0.3) is 0 Å². The number of halogens is 1. The largest absolute Gasteiger partial charge is 0.353 e. The Hall–Kier alpha value is -1.39. The van der Waals surface area contributed by atoms with E-state index in [0.717, 1.165) is 24.4 Å². The van der Waals surface area contributed by atoms with Gasteiger partial charge in [-0.3, -0.25) is 9.78 Å². The lowest BCUT2D eigenvalue weighted by Gasteiger charge is -2.22. The average Bonchev–Trinajstić information content (AvgIpc) is 2.54. The van der Waals surface area contributed by atoms with Gasteiger partial charge in [0.15, 0.2) is 0 Å². The number of amides is 1. The highest BCUT2D eigenvalue weighted by molar-refractivity contribution is 5.91.